The van der Waals surface area contributed by atoms with E-state index in [4.69, 9.17) is 11.6 Å². The van der Waals surface area contributed by atoms with E-state index in [0.717, 1.165) is 25.2 Å². The van der Waals surface area contributed by atoms with Crippen LogP contribution in [0.15, 0.2) is 12.4 Å². The summed E-state index contributed by atoms with van der Waals surface area (Å²) in [5.41, 5.74) is -0.680. The number of rotatable bonds is 1. The molecule has 1 unspecified atom stereocenters. The van der Waals surface area contributed by atoms with Gasteiger partial charge in [0.05, 0.1) is 5.60 Å². The number of hydrogen-bond acceptors (Lipinski definition) is 5. The maximum atomic E-state index is 10.2. The molecule has 0 bridgehead atoms. The topological polar surface area (TPSA) is 66.5 Å². The molecule has 1 fully saturated rings. The number of halogens is 1. The second kappa shape index (κ2) is 4.07. The summed E-state index contributed by atoms with van der Waals surface area (Å²) in [5.74, 6) is 1.30. The molecule has 3 heterocycles. The van der Waals surface area contributed by atoms with Crippen molar-refractivity contribution in [2.24, 2.45) is 0 Å². The van der Waals surface area contributed by atoms with Crippen LogP contribution in [-0.4, -0.2) is 43.4 Å². The molecule has 1 N–H and O–H groups in total. The van der Waals surface area contributed by atoms with Crippen LogP contribution in [0.4, 0.5) is 5.82 Å². The van der Waals surface area contributed by atoms with Gasteiger partial charge in [-0.2, -0.15) is 19.6 Å². The lowest BCUT2D eigenvalue weighted by molar-refractivity contribution is 0.0446. The molecule has 0 radical (unpaired) electrons. The zero-order valence-corrected chi connectivity index (χ0v) is 10.8. The van der Waals surface area contributed by atoms with Gasteiger partial charge in [-0.1, -0.05) is 11.6 Å². The van der Waals surface area contributed by atoms with Crippen LogP contribution in [0, 0.1) is 0 Å². The minimum Gasteiger partial charge on any atom is -0.388 e. The molecule has 1 atom stereocenters. The van der Waals surface area contributed by atoms with E-state index in [1.54, 1.807) is 10.6 Å². The Labute approximate surface area is 109 Å². The third-order valence-corrected chi connectivity index (χ3v) is 3.39. The van der Waals surface area contributed by atoms with Crippen molar-refractivity contribution in [3.63, 3.8) is 0 Å². The van der Waals surface area contributed by atoms with Gasteiger partial charge in [0, 0.05) is 19.2 Å². The predicted molar refractivity (Wildman–Crippen MR) is 67.9 cm³/mol. The van der Waals surface area contributed by atoms with Gasteiger partial charge < -0.3 is 10.0 Å². The quantitative estimate of drug-likeness (QED) is 0.785. The largest absolute Gasteiger partial charge is 0.388 e. The molecule has 1 aliphatic rings. The van der Waals surface area contributed by atoms with Gasteiger partial charge in [-0.3, -0.25) is 0 Å². The summed E-state index contributed by atoms with van der Waals surface area (Å²) >= 11 is 5.99. The first-order valence-corrected chi connectivity index (χ1v) is 6.27. The van der Waals surface area contributed by atoms with E-state index in [1.165, 1.54) is 6.33 Å². The first-order valence-electron chi connectivity index (χ1n) is 5.89. The zero-order chi connectivity index (χ0) is 12.8. The fourth-order valence-electron chi connectivity index (χ4n) is 2.41. The summed E-state index contributed by atoms with van der Waals surface area (Å²) in [5, 5.41) is 14.7. The summed E-state index contributed by atoms with van der Waals surface area (Å²) in [6, 6.07) is 1.75. The van der Waals surface area contributed by atoms with E-state index >= 15 is 0 Å². The molecule has 7 heteroatoms. The van der Waals surface area contributed by atoms with Crippen LogP contribution in [0.1, 0.15) is 19.8 Å². The Balaban J connectivity index is 2.05. The maximum absolute atomic E-state index is 10.2. The van der Waals surface area contributed by atoms with Gasteiger partial charge in [-0.25, -0.2) is 0 Å². The lowest BCUT2D eigenvalue weighted by Crippen LogP contribution is -2.46. The third-order valence-electron chi connectivity index (χ3n) is 3.20. The van der Waals surface area contributed by atoms with Gasteiger partial charge in [0.1, 0.15) is 17.3 Å². The lowest BCUT2D eigenvalue weighted by Gasteiger charge is -2.37. The predicted octanol–water partition coefficient (Wildman–Crippen LogP) is 1.13. The van der Waals surface area contributed by atoms with E-state index in [9.17, 15) is 5.11 Å². The molecule has 3 rings (SSSR count). The number of aromatic nitrogens is 4. The number of piperidine rings is 1. The van der Waals surface area contributed by atoms with E-state index in [1.807, 2.05) is 6.92 Å². The van der Waals surface area contributed by atoms with Crippen molar-refractivity contribution >= 4 is 23.2 Å². The zero-order valence-electron chi connectivity index (χ0n) is 10.0. The Hall–Kier alpha value is -1.40. The van der Waals surface area contributed by atoms with Crippen LogP contribution in [0.5, 0.6) is 0 Å². The standard InChI is InChI=1S/C11H14ClN5O/c1-11(18)3-2-4-16(6-11)9-5-8(12)15-10-13-7-14-17(9)10/h5,7,18H,2-4,6H2,1H3. The summed E-state index contributed by atoms with van der Waals surface area (Å²) in [6.45, 7) is 3.27. The molecule has 1 aliphatic heterocycles. The van der Waals surface area contributed by atoms with E-state index in [0.29, 0.717) is 17.5 Å². The van der Waals surface area contributed by atoms with Gasteiger partial charge >= 0.3 is 0 Å². The van der Waals surface area contributed by atoms with Crippen LogP contribution >= 0.6 is 11.6 Å². The average molecular weight is 268 g/mol. The molecular weight excluding hydrogens is 254 g/mol. The van der Waals surface area contributed by atoms with Crippen molar-refractivity contribution in [1.82, 2.24) is 19.6 Å². The Morgan fingerprint density at radius 1 is 1.50 bits per heavy atom. The fourth-order valence-corrected chi connectivity index (χ4v) is 2.58. The fraction of sp³-hybridized carbons (Fsp3) is 0.545. The number of aliphatic hydroxyl groups is 1. The molecule has 2 aromatic heterocycles. The van der Waals surface area contributed by atoms with Crippen LogP contribution in [0.2, 0.25) is 5.15 Å². The first kappa shape index (κ1) is 11.7. The molecule has 0 saturated carbocycles. The number of fused-ring (bicyclic) bond motifs is 1. The summed E-state index contributed by atoms with van der Waals surface area (Å²) in [4.78, 5) is 10.2. The van der Waals surface area contributed by atoms with Crippen molar-refractivity contribution in [3.05, 3.63) is 17.5 Å². The number of anilines is 1. The SMILES string of the molecule is CC1(O)CCCN(c2cc(Cl)nc3ncnn23)C1. The molecular formula is C11H14ClN5O. The Morgan fingerprint density at radius 3 is 3.11 bits per heavy atom. The van der Waals surface area contributed by atoms with Crippen molar-refractivity contribution in [1.29, 1.82) is 0 Å². The molecule has 0 amide bonds. The maximum Gasteiger partial charge on any atom is 0.255 e. The highest BCUT2D eigenvalue weighted by Crippen LogP contribution is 2.26. The highest BCUT2D eigenvalue weighted by atomic mass is 35.5. The summed E-state index contributed by atoms with van der Waals surface area (Å²) < 4.78 is 1.65. The second-order valence-corrected chi connectivity index (χ2v) is 5.32. The van der Waals surface area contributed by atoms with Gasteiger partial charge in [0.2, 0.25) is 0 Å². The van der Waals surface area contributed by atoms with E-state index < -0.39 is 5.60 Å². The molecule has 18 heavy (non-hydrogen) atoms. The minimum atomic E-state index is -0.680. The molecule has 6 nitrogen and oxygen atoms in total. The normalized spacial score (nSPS) is 24.7. The van der Waals surface area contributed by atoms with Gasteiger partial charge in [0.15, 0.2) is 0 Å². The van der Waals surface area contributed by atoms with Crippen molar-refractivity contribution in [2.45, 2.75) is 25.4 Å². The van der Waals surface area contributed by atoms with Crippen molar-refractivity contribution in [2.75, 3.05) is 18.0 Å². The van der Waals surface area contributed by atoms with Gasteiger partial charge in [0.25, 0.3) is 5.78 Å². The highest BCUT2D eigenvalue weighted by molar-refractivity contribution is 6.29. The van der Waals surface area contributed by atoms with Crippen LogP contribution < -0.4 is 4.90 Å². The van der Waals surface area contributed by atoms with Crippen LogP contribution in [-0.2, 0) is 0 Å². The molecule has 0 aromatic carbocycles. The third kappa shape index (κ3) is 2.02. The Bertz CT molecular complexity index is 582. The number of nitrogens with zero attached hydrogens (tertiary/aromatic N) is 5. The van der Waals surface area contributed by atoms with Crippen molar-refractivity contribution in [3.8, 4) is 0 Å². The minimum absolute atomic E-state index is 0.385. The summed E-state index contributed by atoms with van der Waals surface area (Å²) in [7, 11) is 0. The smallest absolute Gasteiger partial charge is 0.255 e. The monoisotopic (exact) mass is 267 g/mol. The lowest BCUT2D eigenvalue weighted by atomic mass is 9.95. The first-order chi connectivity index (χ1) is 8.55. The molecule has 0 spiro atoms. The summed E-state index contributed by atoms with van der Waals surface area (Å²) in [6.07, 6.45) is 3.19. The van der Waals surface area contributed by atoms with Gasteiger partial charge in [-0.05, 0) is 19.8 Å². The van der Waals surface area contributed by atoms with Crippen molar-refractivity contribution < 1.29 is 5.11 Å². The Morgan fingerprint density at radius 2 is 2.33 bits per heavy atom. The van der Waals surface area contributed by atoms with E-state index in [-0.39, 0.29) is 0 Å². The number of hydrogen-bond donors (Lipinski definition) is 1. The van der Waals surface area contributed by atoms with E-state index in [2.05, 4.69) is 20.0 Å². The molecule has 0 aliphatic carbocycles. The van der Waals surface area contributed by atoms with Crippen LogP contribution in [0.25, 0.3) is 5.78 Å². The molecule has 96 valence electrons. The second-order valence-electron chi connectivity index (χ2n) is 4.93. The van der Waals surface area contributed by atoms with Crippen LogP contribution in [0.3, 0.4) is 0 Å². The highest BCUT2D eigenvalue weighted by Gasteiger charge is 2.29. The van der Waals surface area contributed by atoms with Gasteiger partial charge in [-0.15, -0.1) is 0 Å². The molecule has 2 aromatic rings. The Kier molecular flexibility index (Phi) is 2.64. The molecule has 1 saturated heterocycles. The number of β-amino-alcohol motifs (C(OH)–C–C–N with tert-alkyl or cyclic N) is 1. The average Bonchev–Trinajstić information content (AvgIpc) is 2.74.